The van der Waals surface area contributed by atoms with E-state index in [0.717, 1.165) is 29.8 Å². The average Bonchev–Trinajstić information content (AvgIpc) is 3.20. The number of carbonyl (C=O) groups excluding carboxylic acids is 1. The molecule has 1 heterocycles. The first-order valence-corrected chi connectivity index (χ1v) is 7.77. The highest BCUT2D eigenvalue weighted by Gasteiger charge is 2.35. The van der Waals surface area contributed by atoms with Crippen molar-refractivity contribution in [3.05, 3.63) is 29.2 Å². The lowest BCUT2D eigenvalue weighted by Gasteiger charge is -2.18. The van der Waals surface area contributed by atoms with E-state index in [1.165, 1.54) is 24.0 Å². The number of nitrogens with zero attached hydrogens (tertiary/aromatic N) is 1. The van der Waals surface area contributed by atoms with Crippen LogP contribution >= 0.6 is 0 Å². The lowest BCUT2D eigenvalue weighted by atomic mass is 9.86. The summed E-state index contributed by atoms with van der Waals surface area (Å²) in [4.78, 5) is 15.7. The molecule has 1 aromatic carbocycles. The van der Waals surface area contributed by atoms with Gasteiger partial charge in [-0.15, -0.1) is 0 Å². The molecule has 1 amide bonds. The molecule has 4 nitrogen and oxygen atoms in total. The van der Waals surface area contributed by atoms with Gasteiger partial charge in [0.15, 0.2) is 11.5 Å². The number of aromatic nitrogens is 1. The number of carbonyl (C=O) groups is 1. The first-order chi connectivity index (χ1) is 10.1. The quantitative estimate of drug-likeness (QED) is 0.884. The van der Waals surface area contributed by atoms with Crippen molar-refractivity contribution in [1.29, 1.82) is 0 Å². The van der Waals surface area contributed by atoms with Gasteiger partial charge in [0.05, 0.1) is 0 Å². The minimum atomic E-state index is -0.225. The Morgan fingerprint density at radius 1 is 1.48 bits per heavy atom. The molecule has 0 bridgehead atoms. The van der Waals surface area contributed by atoms with Crippen LogP contribution < -0.4 is 5.73 Å². The van der Waals surface area contributed by atoms with Gasteiger partial charge < -0.3 is 10.2 Å². The number of amides is 1. The Morgan fingerprint density at radius 2 is 2.24 bits per heavy atom. The second kappa shape index (κ2) is 5.51. The van der Waals surface area contributed by atoms with Crippen molar-refractivity contribution in [2.24, 2.45) is 11.7 Å². The summed E-state index contributed by atoms with van der Waals surface area (Å²) in [5.74, 6) is 1.57. The highest BCUT2D eigenvalue weighted by Crippen LogP contribution is 2.47. The van der Waals surface area contributed by atoms with Gasteiger partial charge >= 0.3 is 0 Å². The minimum absolute atomic E-state index is 0.225. The molecular weight excluding hydrogens is 264 g/mol. The second-order valence-electron chi connectivity index (χ2n) is 6.05. The van der Waals surface area contributed by atoms with Crippen molar-refractivity contribution in [2.45, 2.75) is 51.9 Å². The largest absolute Gasteiger partial charge is 0.440 e. The molecule has 0 aliphatic heterocycles. The molecule has 4 heteroatoms. The Labute approximate surface area is 124 Å². The highest BCUT2D eigenvalue weighted by atomic mass is 16.3. The summed E-state index contributed by atoms with van der Waals surface area (Å²) in [5, 5.41) is 0. The van der Waals surface area contributed by atoms with E-state index < -0.39 is 0 Å². The van der Waals surface area contributed by atoms with Crippen LogP contribution in [0.4, 0.5) is 0 Å². The smallest absolute Gasteiger partial charge is 0.217 e. The summed E-state index contributed by atoms with van der Waals surface area (Å²) in [6, 6.07) is 4.13. The van der Waals surface area contributed by atoms with Crippen molar-refractivity contribution in [2.75, 3.05) is 0 Å². The average molecular weight is 286 g/mol. The molecule has 1 aliphatic rings. The summed E-state index contributed by atoms with van der Waals surface area (Å²) in [6.07, 6.45) is 4.50. The first-order valence-electron chi connectivity index (χ1n) is 7.77. The Hall–Kier alpha value is -1.84. The van der Waals surface area contributed by atoms with Crippen molar-refractivity contribution < 1.29 is 9.21 Å². The number of benzene rings is 1. The predicted octanol–water partition coefficient (Wildman–Crippen LogP) is 3.46. The van der Waals surface area contributed by atoms with E-state index in [2.05, 4.69) is 18.0 Å². The molecule has 1 aliphatic carbocycles. The van der Waals surface area contributed by atoms with Gasteiger partial charge in [-0.05, 0) is 49.7 Å². The van der Waals surface area contributed by atoms with Crippen LogP contribution in [0.15, 0.2) is 16.5 Å². The molecular formula is C17H22N2O2. The predicted molar refractivity (Wildman–Crippen MR) is 82.0 cm³/mol. The van der Waals surface area contributed by atoms with Gasteiger partial charge in [-0.2, -0.15) is 0 Å². The zero-order valence-corrected chi connectivity index (χ0v) is 12.7. The van der Waals surface area contributed by atoms with E-state index in [-0.39, 0.29) is 5.91 Å². The summed E-state index contributed by atoms with van der Waals surface area (Å²) < 4.78 is 5.97. The van der Waals surface area contributed by atoms with Crippen molar-refractivity contribution in [3.63, 3.8) is 0 Å². The Balaban J connectivity index is 2.04. The molecule has 1 aromatic heterocycles. The summed E-state index contributed by atoms with van der Waals surface area (Å²) in [7, 11) is 0. The van der Waals surface area contributed by atoms with Crippen molar-refractivity contribution in [3.8, 4) is 0 Å². The SMILES string of the molecule is CCc1nc2ccc(C)c(C(CCC(N)=O)C3CC3)c2o1. The fourth-order valence-electron chi connectivity index (χ4n) is 3.18. The topological polar surface area (TPSA) is 69.1 Å². The lowest BCUT2D eigenvalue weighted by molar-refractivity contribution is -0.118. The summed E-state index contributed by atoms with van der Waals surface area (Å²) >= 11 is 0. The van der Waals surface area contributed by atoms with E-state index in [0.29, 0.717) is 18.3 Å². The zero-order valence-electron chi connectivity index (χ0n) is 12.7. The number of rotatable bonds is 6. The number of aryl methyl sites for hydroxylation is 2. The monoisotopic (exact) mass is 286 g/mol. The molecule has 2 N–H and O–H groups in total. The molecule has 21 heavy (non-hydrogen) atoms. The molecule has 112 valence electrons. The summed E-state index contributed by atoms with van der Waals surface area (Å²) in [6.45, 7) is 4.16. The normalized spacial score (nSPS) is 16.3. The number of primary amides is 1. The van der Waals surface area contributed by atoms with Crippen LogP contribution in [0.2, 0.25) is 0 Å². The molecule has 2 aromatic rings. The van der Waals surface area contributed by atoms with Crippen LogP contribution in [-0.2, 0) is 11.2 Å². The number of fused-ring (bicyclic) bond motifs is 1. The Morgan fingerprint density at radius 3 is 2.86 bits per heavy atom. The highest BCUT2D eigenvalue weighted by molar-refractivity contribution is 5.79. The summed E-state index contributed by atoms with van der Waals surface area (Å²) in [5.41, 5.74) is 9.64. The molecule has 0 spiro atoms. The van der Waals surface area contributed by atoms with Crippen molar-refractivity contribution >= 4 is 17.0 Å². The van der Waals surface area contributed by atoms with Gasteiger partial charge in [0.1, 0.15) is 5.52 Å². The van der Waals surface area contributed by atoms with E-state index in [4.69, 9.17) is 10.2 Å². The minimum Gasteiger partial charge on any atom is -0.440 e. The van der Waals surface area contributed by atoms with Gasteiger partial charge in [-0.3, -0.25) is 4.79 Å². The van der Waals surface area contributed by atoms with Gasteiger partial charge in [0, 0.05) is 18.4 Å². The third-order valence-corrected chi connectivity index (χ3v) is 4.42. The van der Waals surface area contributed by atoms with E-state index >= 15 is 0 Å². The van der Waals surface area contributed by atoms with Crippen LogP contribution in [0.1, 0.15) is 55.5 Å². The maximum absolute atomic E-state index is 11.2. The van der Waals surface area contributed by atoms with Gasteiger partial charge in [-0.1, -0.05) is 13.0 Å². The second-order valence-corrected chi connectivity index (χ2v) is 6.05. The van der Waals surface area contributed by atoms with E-state index in [1.807, 2.05) is 13.0 Å². The molecule has 1 atom stereocenters. The van der Waals surface area contributed by atoms with Gasteiger partial charge in [0.25, 0.3) is 0 Å². The van der Waals surface area contributed by atoms with Crippen LogP contribution in [0.5, 0.6) is 0 Å². The van der Waals surface area contributed by atoms with Crippen LogP contribution in [0.3, 0.4) is 0 Å². The molecule has 1 saturated carbocycles. The Bertz CT molecular complexity index is 671. The lowest BCUT2D eigenvalue weighted by Crippen LogP contribution is -2.13. The van der Waals surface area contributed by atoms with Crippen molar-refractivity contribution in [1.82, 2.24) is 4.98 Å². The van der Waals surface area contributed by atoms with Gasteiger partial charge in [-0.25, -0.2) is 4.98 Å². The van der Waals surface area contributed by atoms with Gasteiger partial charge in [0.2, 0.25) is 5.91 Å². The van der Waals surface area contributed by atoms with E-state index in [9.17, 15) is 4.79 Å². The zero-order chi connectivity index (χ0) is 15.0. The molecule has 1 fully saturated rings. The van der Waals surface area contributed by atoms with Crippen LogP contribution in [0, 0.1) is 12.8 Å². The first kappa shape index (κ1) is 14.1. The number of oxazole rings is 1. The fourth-order valence-corrected chi connectivity index (χ4v) is 3.18. The Kier molecular flexibility index (Phi) is 3.70. The maximum atomic E-state index is 11.2. The maximum Gasteiger partial charge on any atom is 0.217 e. The number of hydrogen-bond donors (Lipinski definition) is 1. The van der Waals surface area contributed by atoms with E-state index in [1.54, 1.807) is 0 Å². The molecule has 3 rings (SSSR count). The number of nitrogens with two attached hydrogens (primary N) is 1. The standard InChI is InChI=1S/C17H22N2O2/c1-3-15-19-13-8-4-10(2)16(17(13)21-15)12(11-5-6-11)7-9-14(18)20/h4,8,11-12H,3,5-7,9H2,1-2H3,(H2,18,20). The number of hydrogen-bond acceptors (Lipinski definition) is 3. The van der Waals surface area contributed by atoms with Crippen LogP contribution in [0.25, 0.3) is 11.1 Å². The third kappa shape index (κ3) is 2.80. The third-order valence-electron chi connectivity index (χ3n) is 4.42. The molecule has 0 saturated heterocycles. The molecule has 1 unspecified atom stereocenters. The fraction of sp³-hybridized carbons (Fsp3) is 0.529. The van der Waals surface area contributed by atoms with Crippen LogP contribution in [-0.4, -0.2) is 10.9 Å². The molecule has 0 radical (unpaired) electrons.